The molecule has 0 bridgehead atoms. The van der Waals surface area contributed by atoms with Crippen molar-refractivity contribution in [2.75, 3.05) is 12.3 Å². The molecule has 0 atom stereocenters. The maximum Gasteiger partial charge on any atom is 0.180 e. The molecule has 0 spiro atoms. The van der Waals surface area contributed by atoms with E-state index in [1.54, 1.807) is 0 Å². The Bertz CT molecular complexity index is 554. The Morgan fingerprint density at radius 1 is 1.42 bits per heavy atom. The van der Waals surface area contributed by atoms with Crippen LogP contribution in [0.3, 0.4) is 0 Å². The van der Waals surface area contributed by atoms with Gasteiger partial charge in [0.25, 0.3) is 0 Å². The predicted molar refractivity (Wildman–Crippen MR) is 80.7 cm³/mol. The molecule has 102 valence electrons. The van der Waals surface area contributed by atoms with Gasteiger partial charge in [0.15, 0.2) is 5.13 Å². The molecule has 1 heterocycles. The van der Waals surface area contributed by atoms with Crippen molar-refractivity contribution in [2.24, 2.45) is 0 Å². The highest BCUT2D eigenvalue weighted by molar-refractivity contribution is 7.13. The molecule has 1 aromatic carbocycles. The minimum absolute atomic E-state index is 0.424. The van der Waals surface area contributed by atoms with E-state index < -0.39 is 5.60 Å². The summed E-state index contributed by atoms with van der Waals surface area (Å²) < 4.78 is 5.92. The normalized spacial score (nSPS) is 11.7. The molecule has 0 aliphatic heterocycles. The average molecular weight is 297 g/mol. The van der Waals surface area contributed by atoms with Crippen molar-refractivity contribution in [2.45, 2.75) is 25.9 Å². The number of anilines is 1. The molecule has 0 unspecified atom stereocenters. The number of hydrogen-bond donors (Lipinski definition) is 1. The van der Waals surface area contributed by atoms with Crippen LogP contribution in [0, 0.1) is 0 Å². The molecule has 0 aliphatic carbocycles. The zero-order valence-electron chi connectivity index (χ0n) is 11.0. The van der Waals surface area contributed by atoms with E-state index in [0.29, 0.717) is 11.7 Å². The fourth-order valence-electron chi connectivity index (χ4n) is 1.75. The van der Waals surface area contributed by atoms with Gasteiger partial charge in [0.05, 0.1) is 12.3 Å². The number of ether oxygens (including phenoxy) is 1. The van der Waals surface area contributed by atoms with Gasteiger partial charge in [0, 0.05) is 10.4 Å². The van der Waals surface area contributed by atoms with Crippen molar-refractivity contribution in [1.82, 2.24) is 4.98 Å². The fourth-order valence-corrected chi connectivity index (χ4v) is 2.69. The molecule has 0 radical (unpaired) electrons. The largest absolute Gasteiger partial charge is 0.375 e. The monoisotopic (exact) mass is 296 g/mol. The maximum atomic E-state index is 5.95. The van der Waals surface area contributed by atoms with Gasteiger partial charge in [0.1, 0.15) is 5.60 Å². The summed E-state index contributed by atoms with van der Waals surface area (Å²) in [5, 5.41) is 3.26. The van der Waals surface area contributed by atoms with Crippen molar-refractivity contribution in [3.05, 3.63) is 45.9 Å². The number of benzene rings is 1. The molecule has 0 amide bonds. The summed E-state index contributed by atoms with van der Waals surface area (Å²) in [6.07, 6.45) is 0.823. The Kier molecular flexibility index (Phi) is 4.45. The maximum absolute atomic E-state index is 5.95. The third-order valence-electron chi connectivity index (χ3n) is 2.88. The standard InChI is InChI=1S/C14H17ClN2OS/c1-14(2,12-9-19-13(16)17-12)18-7-6-10-4-3-5-11(15)8-10/h3-5,8-9H,6-7H2,1-2H3,(H2,16,17). The number of aromatic nitrogens is 1. The summed E-state index contributed by atoms with van der Waals surface area (Å²) in [6.45, 7) is 4.61. The van der Waals surface area contributed by atoms with E-state index in [-0.39, 0.29) is 0 Å². The Labute approximate surface area is 122 Å². The van der Waals surface area contributed by atoms with Gasteiger partial charge in [-0.2, -0.15) is 0 Å². The van der Waals surface area contributed by atoms with Crippen molar-refractivity contribution in [1.29, 1.82) is 0 Å². The summed E-state index contributed by atoms with van der Waals surface area (Å²) in [7, 11) is 0. The fraction of sp³-hybridized carbons (Fsp3) is 0.357. The highest BCUT2D eigenvalue weighted by Gasteiger charge is 2.24. The zero-order chi connectivity index (χ0) is 13.9. The number of nitrogens with zero attached hydrogens (tertiary/aromatic N) is 1. The third-order valence-corrected chi connectivity index (χ3v) is 3.79. The molecule has 19 heavy (non-hydrogen) atoms. The van der Waals surface area contributed by atoms with Crippen molar-refractivity contribution in [3.63, 3.8) is 0 Å². The van der Waals surface area contributed by atoms with Crippen molar-refractivity contribution < 1.29 is 4.74 Å². The first-order valence-corrected chi connectivity index (χ1v) is 7.33. The minimum Gasteiger partial charge on any atom is -0.375 e. The Balaban J connectivity index is 1.91. The quantitative estimate of drug-likeness (QED) is 0.911. The molecular formula is C14H17ClN2OS. The second kappa shape index (κ2) is 5.90. The van der Waals surface area contributed by atoms with Crippen LogP contribution in [0.15, 0.2) is 29.6 Å². The first kappa shape index (κ1) is 14.3. The van der Waals surface area contributed by atoms with Crippen LogP contribution < -0.4 is 5.73 Å². The number of nitrogens with two attached hydrogens (primary N) is 1. The number of halogens is 1. The molecule has 2 rings (SSSR count). The van der Waals surface area contributed by atoms with Gasteiger partial charge in [-0.15, -0.1) is 11.3 Å². The van der Waals surface area contributed by atoms with Crippen LogP contribution in [0.2, 0.25) is 5.02 Å². The molecule has 0 aliphatic rings. The Hall–Kier alpha value is -1.10. The lowest BCUT2D eigenvalue weighted by molar-refractivity contribution is -0.0226. The highest BCUT2D eigenvalue weighted by atomic mass is 35.5. The zero-order valence-corrected chi connectivity index (χ0v) is 12.6. The van der Waals surface area contributed by atoms with Crippen LogP contribution >= 0.6 is 22.9 Å². The third kappa shape index (κ3) is 3.93. The summed E-state index contributed by atoms with van der Waals surface area (Å²) in [5.74, 6) is 0. The highest BCUT2D eigenvalue weighted by Crippen LogP contribution is 2.27. The van der Waals surface area contributed by atoms with Gasteiger partial charge in [0.2, 0.25) is 0 Å². The van der Waals surface area contributed by atoms with Gasteiger partial charge in [-0.05, 0) is 38.0 Å². The van der Waals surface area contributed by atoms with Gasteiger partial charge in [-0.3, -0.25) is 0 Å². The molecule has 0 saturated heterocycles. The number of thiazole rings is 1. The van der Waals surface area contributed by atoms with E-state index >= 15 is 0 Å². The predicted octanol–water partition coefficient (Wildman–Crippen LogP) is 3.87. The van der Waals surface area contributed by atoms with Crippen LogP contribution in [0.4, 0.5) is 5.13 Å². The van der Waals surface area contributed by atoms with Crippen LogP contribution in [-0.2, 0) is 16.8 Å². The summed E-state index contributed by atoms with van der Waals surface area (Å²) in [4.78, 5) is 4.27. The smallest absolute Gasteiger partial charge is 0.180 e. The van der Waals surface area contributed by atoms with Gasteiger partial charge in [-0.25, -0.2) is 4.98 Å². The van der Waals surface area contributed by atoms with Gasteiger partial charge >= 0.3 is 0 Å². The second-order valence-electron chi connectivity index (χ2n) is 4.81. The first-order valence-electron chi connectivity index (χ1n) is 6.07. The molecule has 3 nitrogen and oxygen atoms in total. The summed E-state index contributed by atoms with van der Waals surface area (Å²) in [6, 6.07) is 7.82. The molecule has 2 N–H and O–H groups in total. The molecular weight excluding hydrogens is 280 g/mol. The number of rotatable bonds is 5. The van der Waals surface area contributed by atoms with E-state index in [9.17, 15) is 0 Å². The first-order chi connectivity index (χ1) is 8.97. The van der Waals surface area contributed by atoms with E-state index in [2.05, 4.69) is 4.98 Å². The molecule has 1 aromatic heterocycles. The topological polar surface area (TPSA) is 48.1 Å². The summed E-state index contributed by atoms with van der Waals surface area (Å²) in [5.41, 5.74) is 7.27. The van der Waals surface area contributed by atoms with Crippen LogP contribution in [0.25, 0.3) is 0 Å². The molecule has 0 saturated carbocycles. The molecule has 0 fully saturated rings. The Morgan fingerprint density at radius 2 is 2.21 bits per heavy atom. The molecule has 2 aromatic rings. The van der Waals surface area contributed by atoms with Gasteiger partial charge in [-0.1, -0.05) is 23.7 Å². The Morgan fingerprint density at radius 3 is 2.84 bits per heavy atom. The lowest BCUT2D eigenvalue weighted by Crippen LogP contribution is -2.23. The minimum atomic E-state index is -0.424. The lowest BCUT2D eigenvalue weighted by Gasteiger charge is -2.23. The van der Waals surface area contributed by atoms with E-state index in [1.165, 1.54) is 16.9 Å². The van der Waals surface area contributed by atoms with Crippen LogP contribution in [0.5, 0.6) is 0 Å². The van der Waals surface area contributed by atoms with Crippen LogP contribution in [0.1, 0.15) is 25.1 Å². The van der Waals surface area contributed by atoms with E-state index in [1.807, 2.05) is 43.5 Å². The number of nitrogen functional groups attached to an aromatic ring is 1. The SMILES string of the molecule is CC(C)(OCCc1cccc(Cl)c1)c1csc(N)n1. The second-order valence-corrected chi connectivity index (χ2v) is 6.14. The summed E-state index contributed by atoms with van der Waals surface area (Å²) >= 11 is 7.38. The van der Waals surface area contributed by atoms with E-state index in [4.69, 9.17) is 22.1 Å². The van der Waals surface area contributed by atoms with Crippen molar-refractivity contribution in [3.8, 4) is 0 Å². The van der Waals surface area contributed by atoms with Gasteiger partial charge < -0.3 is 10.5 Å². The number of hydrogen-bond acceptors (Lipinski definition) is 4. The molecule has 5 heteroatoms. The van der Waals surface area contributed by atoms with Crippen molar-refractivity contribution >= 4 is 28.1 Å². The lowest BCUT2D eigenvalue weighted by atomic mass is 10.1. The average Bonchev–Trinajstić information content (AvgIpc) is 2.76. The van der Waals surface area contributed by atoms with E-state index in [0.717, 1.165) is 17.1 Å². The van der Waals surface area contributed by atoms with Crippen LogP contribution in [-0.4, -0.2) is 11.6 Å².